The SMILES string of the molecule is O=Cc1ccc2c(c1)c1ccccc1n2-c1cccc2ccccc12. The van der Waals surface area contributed by atoms with E-state index in [9.17, 15) is 4.79 Å². The molecule has 0 saturated carbocycles. The summed E-state index contributed by atoms with van der Waals surface area (Å²) in [5.74, 6) is 0. The largest absolute Gasteiger partial charge is 0.309 e. The van der Waals surface area contributed by atoms with E-state index in [1.54, 1.807) is 0 Å². The van der Waals surface area contributed by atoms with Crippen molar-refractivity contribution in [2.75, 3.05) is 0 Å². The van der Waals surface area contributed by atoms with Gasteiger partial charge in [-0.3, -0.25) is 4.79 Å². The fourth-order valence-electron chi connectivity index (χ4n) is 3.73. The first-order valence-electron chi connectivity index (χ1n) is 8.33. The number of benzene rings is 4. The zero-order chi connectivity index (χ0) is 16.8. The van der Waals surface area contributed by atoms with E-state index in [-0.39, 0.29) is 0 Å². The number of nitrogens with zero attached hydrogens (tertiary/aromatic N) is 1. The molecule has 0 N–H and O–H groups in total. The molecule has 0 spiro atoms. The quantitative estimate of drug-likeness (QED) is 0.379. The van der Waals surface area contributed by atoms with Crippen molar-refractivity contribution in [1.29, 1.82) is 0 Å². The van der Waals surface area contributed by atoms with E-state index in [0.717, 1.165) is 33.8 Å². The highest BCUT2D eigenvalue weighted by molar-refractivity contribution is 6.11. The van der Waals surface area contributed by atoms with Crippen molar-refractivity contribution in [1.82, 2.24) is 4.57 Å². The van der Waals surface area contributed by atoms with Gasteiger partial charge in [0.1, 0.15) is 6.29 Å². The molecule has 4 aromatic carbocycles. The molecular weight excluding hydrogens is 306 g/mol. The molecule has 5 aromatic rings. The fourth-order valence-corrected chi connectivity index (χ4v) is 3.73. The number of carbonyl (C=O) groups excluding carboxylic acids is 1. The number of para-hydroxylation sites is 1. The van der Waals surface area contributed by atoms with Crippen LogP contribution in [0.3, 0.4) is 0 Å². The Balaban J connectivity index is 1.99. The van der Waals surface area contributed by atoms with Crippen LogP contribution in [0, 0.1) is 0 Å². The van der Waals surface area contributed by atoms with Crippen molar-refractivity contribution < 1.29 is 4.79 Å². The Bertz CT molecular complexity index is 1260. The third kappa shape index (κ3) is 2.01. The van der Waals surface area contributed by atoms with Gasteiger partial charge in [-0.15, -0.1) is 0 Å². The number of rotatable bonds is 2. The summed E-state index contributed by atoms with van der Waals surface area (Å²) in [5.41, 5.74) is 4.12. The van der Waals surface area contributed by atoms with Crippen LogP contribution in [0.15, 0.2) is 84.9 Å². The van der Waals surface area contributed by atoms with E-state index in [4.69, 9.17) is 0 Å². The van der Waals surface area contributed by atoms with Gasteiger partial charge in [-0.25, -0.2) is 0 Å². The molecule has 2 heteroatoms. The van der Waals surface area contributed by atoms with Crippen molar-refractivity contribution >= 4 is 38.9 Å². The predicted molar refractivity (Wildman–Crippen MR) is 104 cm³/mol. The van der Waals surface area contributed by atoms with E-state index in [1.165, 1.54) is 10.8 Å². The first-order valence-corrected chi connectivity index (χ1v) is 8.33. The zero-order valence-corrected chi connectivity index (χ0v) is 13.5. The van der Waals surface area contributed by atoms with Gasteiger partial charge >= 0.3 is 0 Å². The van der Waals surface area contributed by atoms with Gasteiger partial charge in [0.25, 0.3) is 0 Å². The Hall–Kier alpha value is -3.39. The second-order valence-electron chi connectivity index (χ2n) is 6.25. The molecule has 0 atom stereocenters. The van der Waals surface area contributed by atoms with E-state index < -0.39 is 0 Å². The summed E-state index contributed by atoms with van der Waals surface area (Å²) in [5, 5.41) is 4.70. The van der Waals surface area contributed by atoms with Gasteiger partial charge in [0, 0.05) is 21.7 Å². The van der Waals surface area contributed by atoms with Crippen LogP contribution in [0.25, 0.3) is 38.3 Å². The molecule has 118 valence electrons. The molecule has 0 amide bonds. The second-order valence-corrected chi connectivity index (χ2v) is 6.25. The van der Waals surface area contributed by atoms with E-state index >= 15 is 0 Å². The second kappa shape index (κ2) is 5.32. The average molecular weight is 321 g/mol. The standard InChI is InChI=1S/C23H15NO/c25-15-16-12-13-23-20(14-16)19-9-3-4-10-22(19)24(23)21-11-5-7-17-6-1-2-8-18(17)21/h1-15H. The van der Waals surface area contributed by atoms with E-state index in [1.807, 2.05) is 24.3 Å². The molecule has 0 aliphatic carbocycles. The maximum atomic E-state index is 11.2. The summed E-state index contributed by atoms with van der Waals surface area (Å²) in [6.07, 6.45) is 0.906. The van der Waals surface area contributed by atoms with Crippen molar-refractivity contribution in [3.8, 4) is 5.69 Å². The smallest absolute Gasteiger partial charge is 0.150 e. The minimum atomic E-state index is 0.702. The zero-order valence-electron chi connectivity index (χ0n) is 13.5. The normalized spacial score (nSPS) is 11.4. The lowest BCUT2D eigenvalue weighted by molar-refractivity contribution is 0.112. The highest BCUT2D eigenvalue weighted by Gasteiger charge is 2.13. The number of hydrogen-bond donors (Lipinski definition) is 0. The molecule has 5 rings (SSSR count). The monoisotopic (exact) mass is 321 g/mol. The van der Waals surface area contributed by atoms with Gasteiger partial charge in [0.05, 0.1) is 16.7 Å². The Morgan fingerprint density at radius 2 is 1.36 bits per heavy atom. The Morgan fingerprint density at radius 1 is 0.640 bits per heavy atom. The Morgan fingerprint density at radius 3 is 2.24 bits per heavy atom. The summed E-state index contributed by atoms with van der Waals surface area (Å²) in [7, 11) is 0. The Labute approximate surface area is 144 Å². The van der Waals surface area contributed by atoms with Crippen molar-refractivity contribution in [3.63, 3.8) is 0 Å². The topological polar surface area (TPSA) is 22.0 Å². The number of aromatic nitrogens is 1. The highest BCUT2D eigenvalue weighted by atomic mass is 16.1. The van der Waals surface area contributed by atoms with Crippen LogP contribution < -0.4 is 0 Å². The molecule has 0 radical (unpaired) electrons. The van der Waals surface area contributed by atoms with Crippen LogP contribution in [0.1, 0.15) is 10.4 Å². The maximum absolute atomic E-state index is 11.2. The summed E-state index contributed by atoms with van der Waals surface area (Å²) in [4.78, 5) is 11.2. The summed E-state index contributed by atoms with van der Waals surface area (Å²) in [6, 6.07) is 29.1. The van der Waals surface area contributed by atoms with Gasteiger partial charge in [0.15, 0.2) is 0 Å². The third-order valence-electron chi connectivity index (χ3n) is 4.84. The van der Waals surface area contributed by atoms with Crippen LogP contribution in [-0.4, -0.2) is 10.9 Å². The van der Waals surface area contributed by atoms with E-state index in [0.29, 0.717) is 5.56 Å². The Kier molecular flexibility index (Phi) is 2.98. The number of fused-ring (bicyclic) bond motifs is 4. The molecule has 0 aliphatic heterocycles. The van der Waals surface area contributed by atoms with Crippen LogP contribution in [0.5, 0.6) is 0 Å². The molecule has 0 bridgehead atoms. The molecule has 0 saturated heterocycles. The first kappa shape index (κ1) is 14.0. The lowest BCUT2D eigenvalue weighted by atomic mass is 10.1. The van der Waals surface area contributed by atoms with Crippen molar-refractivity contribution in [2.24, 2.45) is 0 Å². The van der Waals surface area contributed by atoms with Crippen LogP contribution in [0.2, 0.25) is 0 Å². The molecule has 25 heavy (non-hydrogen) atoms. The van der Waals surface area contributed by atoms with Gasteiger partial charge in [0.2, 0.25) is 0 Å². The van der Waals surface area contributed by atoms with Gasteiger partial charge in [-0.1, -0.05) is 54.6 Å². The molecule has 1 heterocycles. The minimum absolute atomic E-state index is 0.702. The van der Waals surface area contributed by atoms with Gasteiger partial charge < -0.3 is 4.57 Å². The van der Waals surface area contributed by atoms with E-state index in [2.05, 4.69) is 65.2 Å². The average Bonchev–Trinajstić information content (AvgIpc) is 3.01. The maximum Gasteiger partial charge on any atom is 0.150 e. The first-order chi connectivity index (χ1) is 12.4. The van der Waals surface area contributed by atoms with Gasteiger partial charge in [-0.2, -0.15) is 0 Å². The molecular formula is C23H15NO. The molecule has 0 aliphatic rings. The highest BCUT2D eigenvalue weighted by Crippen LogP contribution is 2.34. The molecule has 1 aromatic heterocycles. The van der Waals surface area contributed by atoms with Crippen LogP contribution in [0.4, 0.5) is 0 Å². The third-order valence-corrected chi connectivity index (χ3v) is 4.84. The molecule has 2 nitrogen and oxygen atoms in total. The van der Waals surface area contributed by atoms with Gasteiger partial charge in [-0.05, 0) is 35.7 Å². The fraction of sp³-hybridized carbons (Fsp3) is 0. The van der Waals surface area contributed by atoms with Crippen LogP contribution in [-0.2, 0) is 0 Å². The lowest BCUT2D eigenvalue weighted by Gasteiger charge is -2.11. The number of aldehydes is 1. The van der Waals surface area contributed by atoms with Crippen molar-refractivity contribution in [3.05, 3.63) is 90.5 Å². The summed E-state index contributed by atoms with van der Waals surface area (Å²) in [6.45, 7) is 0. The van der Waals surface area contributed by atoms with Crippen LogP contribution >= 0.6 is 0 Å². The number of carbonyl (C=O) groups is 1. The molecule has 0 fully saturated rings. The minimum Gasteiger partial charge on any atom is -0.309 e. The summed E-state index contributed by atoms with van der Waals surface area (Å²) < 4.78 is 2.29. The number of hydrogen-bond acceptors (Lipinski definition) is 1. The molecule has 0 unspecified atom stereocenters. The van der Waals surface area contributed by atoms with Crippen molar-refractivity contribution in [2.45, 2.75) is 0 Å². The predicted octanol–water partition coefficient (Wildman–Crippen LogP) is 5.75. The lowest BCUT2D eigenvalue weighted by Crippen LogP contribution is -1.95. The summed E-state index contributed by atoms with van der Waals surface area (Å²) >= 11 is 0.